The van der Waals surface area contributed by atoms with Crippen LogP contribution >= 0.6 is 0 Å². The molecule has 0 aliphatic rings. The number of halogens is 2. The summed E-state index contributed by atoms with van der Waals surface area (Å²) in [5.74, 6) is -2.24. The average molecular weight is 363 g/mol. The van der Waals surface area contributed by atoms with Gasteiger partial charge in [0, 0.05) is 18.5 Å². The minimum atomic E-state index is -0.866. The molecule has 1 amide bonds. The van der Waals surface area contributed by atoms with Crippen molar-refractivity contribution in [2.75, 3.05) is 6.61 Å². The second kappa shape index (κ2) is 9.50. The van der Waals surface area contributed by atoms with E-state index in [2.05, 4.69) is 5.32 Å². The van der Waals surface area contributed by atoms with E-state index in [-0.39, 0.29) is 24.9 Å². The van der Waals surface area contributed by atoms with Gasteiger partial charge in [0.25, 0.3) is 0 Å². The maximum atomic E-state index is 13.5. The number of aliphatic carboxylic acids is 1. The molecule has 0 fully saturated rings. The van der Waals surface area contributed by atoms with E-state index in [1.165, 1.54) is 6.07 Å². The van der Waals surface area contributed by atoms with Crippen LogP contribution in [0.25, 0.3) is 0 Å². The molecule has 0 spiro atoms. The molecule has 0 unspecified atom stereocenters. The standard InChI is InChI=1S/C19H19F2NO4/c20-16-3-1-4-17(21)15(16)11-18(23)22-12-13-6-8-14(9-7-13)26-10-2-5-19(24)25/h1,3-4,6-9H,2,5,10-12H2,(H,22,23)(H,24,25). The second-order valence-corrected chi connectivity index (χ2v) is 5.64. The summed E-state index contributed by atoms with van der Waals surface area (Å²) < 4.78 is 32.5. The Hall–Kier alpha value is -2.96. The number of ether oxygens (including phenoxy) is 1. The van der Waals surface area contributed by atoms with Crippen LogP contribution < -0.4 is 10.1 Å². The van der Waals surface area contributed by atoms with Gasteiger partial charge < -0.3 is 15.2 Å². The van der Waals surface area contributed by atoms with E-state index in [0.29, 0.717) is 18.8 Å². The predicted octanol–water partition coefficient (Wildman–Crippen LogP) is 3.07. The molecular formula is C19H19F2NO4. The van der Waals surface area contributed by atoms with Crippen molar-refractivity contribution in [1.82, 2.24) is 5.32 Å². The first-order valence-electron chi connectivity index (χ1n) is 8.09. The zero-order chi connectivity index (χ0) is 18.9. The number of hydrogen-bond acceptors (Lipinski definition) is 3. The Kier molecular flexibility index (Phi) is 7.08. The third-order valence-electron chi connectivity index (χ3n) is 3.62. The van der Waals surface area contributed by atoms with Gasteiger partial charge >= 0.3 is 5.97 Å². The molecule has 0 saturated heterocycles. The number of nitrogens with one attached hydrogen (secondary N) is 1. The highest BCUT2D eigenvalue weighted by Crippen LogP contribution is 2.14. The summed E-state index contributed by atoms with van der Waals surface area (Å²) in [4.78, 5) is 22.3. The number of rotatable bonds is 9. The van der Waals surface area contributed by atoms with Crippen molar-refractivity contribution < 1.29 is 28.2 Å². The van der Waals surface area contributed by atoms with Crippen LogP contribution in [0, 0.1) is 11.6 Å². The normalized spacial score (nSPS) is 10.4. The Balaban J connectivity index is 1.78. The quantitative estimate of drug-likeness (QED) is 0.672. The molecule has 0 heterocycles. The summed E-state index contributed by atoms with van der Waals surface area (Å²) in [6, 6.07) is 10.4. The highest BCUT2D eigenvalue weighted by molar-refractivity contribution is 5.78. The molecule has 0 aliphatic heterocycles. The van der Waals surface area contributed by atoms with Gasteiger partial charge in [0.1, 0.15) is 17.4 Å². The minimum absolute atomic E-state index is 0.0483. The second-order valence-electron chi connectivity index (χ2n) is 5.64. The van der Waals surface area contributed by atoms with Crippen LogP contribution in [0.1, 0.15) is 24.0 Å². The van der Waals surface area contributed by atoms with E-state index in [1.54, 1.807) is 24.3 Å². The molecule has 0 saturated carbocycles. The number of hydrogen-bond donors (Lipinski definition) is 2. The summed E-state index contributed by atoms with van der Waals surface area (Å²) in [6.07, 6.45) is 0.0930. The van der Waals surface area contributed by atoms with E-state index < -0.39 is 23.5 Å². The molecular weight excluding hydrogens is 344 g/mol. The Labute approximate surface area is 149 Å². The monoisotopic (exact) mass is 363 g/mol. The fourth-order valence-corrected chi connectivity index (χ4v) is 2.24. The first-order chi connectivity index (χ1) is 12.5. The van der Waals surface area contributed by atoms with Gasteiger partial charge in [0.05, 0.1) is 13.0 Å². The largest absolute Gasteiger partial charge is 0.494 e. The fraction of sp³-hybridized carbons (Fsp3) is 0.263. The molecule has 2 aromatic rings. The lowest BCUT2D eigenvalue weighted by Crippen LogP contribution is -2.25. The van der Waals surface area contributed by atoms with Crippen LogP contribution in [0.5, 0.6) is 5.75 Å². The Morgan fingerprint density at radius 2 is 1.69 bits per heavy atom. The van der Waals surface area contributed by atoms with E-state index >= 15 is 0 Å². The van der Waals surface area contributed by atoms with Crippen LogP contribution in [-0.2, 0) is 22.6 Å². The van der Waals surface area contributed by atoms with Crippen molar-refractivity contribution in [2.45, 2.75) is 25.8 Å². The lowest BCUT2D eigenvalue weighted by molar-refractivity contribution is -0.137. The molecule has 138 valence electrons. The smallest absolute Gasteiger partial charge is 0.303 e. The summed E-state index contributed by atoms with van der Waals surface area (Å²) in [7, 11) is 0. The first kappa shape index (κ1) is 19.4. The number of benzene rings is 2. The van der Waals surface area contributed by atoms with Gasteiger partial charge in [-0.2, -0.15) is 0 Å². The molecule has 0 aromatic heterocycles. The maximum Gasteiger partial charge on any atom is 0.303 e. The fourth-order valence-electron chi connectivity index (χ4n) is 2.24. The summed E-state index contributed by atoms with van der Waals surface area (Å²) >= 11 is 0. The lowest BCUT2D eigenvalue weighted by Gasteiger charge is -2.09. The van der Waals surface area contributed by atoms with Crippen LogP contribution in [-0.4, -0.2) is 23.6 Å². The molecule has 0 atom stereocenters. The third-order valence-corrected chi connectivity index (χ3v) is 3.62. The molecule has 7 heteroatoms. The minimum Gasteiger partial charge on any atom is -0.494 e. The van der Waals surface area contributed by atoms with Crippen molar-refractivity contribution in [2.24, 2.45) is 0 Å². The van der Waals surface area contributed by atoms with Gasteiger partial charge in [0.2, 0.25) is 5.91 Å². The molecule has 2 N–H and O–H groups in total. The van der Waals surface area contributed by atoms with E-state index in [4.69, 9.17) is 9.84 Å². The van der Waals surface area contributed by atoms with Crippen molar-refractivity contribution in [3.8, 4) is 5.75 Å². The summed E-state index contributed by atoms with van der Waals surface area (Å²) in [5.41, 5.74) is 0.542. The Morgan fingerprint density at radius 1 is 1.04 bits per heavy atom. The number of carboxylic acids is 1. The molecule has 26 heavy (non-hydrogen) atoms. The molecule has 5 nitrogen and oxygen atoms in total. The van der Waals surface area contributed by atoms with Crippen LogP contribution in [0.3, 0.4) is 0 Å². The summed E-state index contributed by atoms with van der Waals surface area (Å²) in [5, 5.41) is 11.2. The van der Waals surface area contributed by atoms with Crippen LogP contribution in [0.15, 0.2) is 42.5 Å². The van der Waals surface area contributed by atoms with E-state index in [9.17, 15) is 18.4 Å². The number of carbonyl (C=O) groups is 2. The predicted molar refractivity (Wildman–Crippen MR) is 90.7 cm³/mol. The van der Waals surface area contributed by atoms with Crippen molar-refractivity contribution in [3.63, 3.8) is 0 Å². The van der Waals surface area contributed by atoms with Crippen LogP contribution in [0.2, 0.25) is 0 Å². The molecule has 2 aromatic carbocycles. The molecule has 0 radical (unpaired) electrons. The van der Waals surface area contributed by atoms with Gasteiger partial charge in [-0.1, -0.05) is 18.2 Å². The first-order valence-corrected chi connectivity index (χ1v) is 8.09. The van der Waals surface area contributed by atoms with Crippen molar-refractivity contribution >= 4 is 11.9 Å². The lowest BCUT2D eigenvalue weighted by atomic mass is 10.1. The zero-order valence-electron chi connectivity index (χ0n) is 14.0. The molecule has 0 aliphatic carbocycles. The van der Waals surface area contributed by atoms with E-state index in [1.807, 2.05) is 0 Å². The van der Waals surface area contributed by atoms with E-state index in [0.717, 1.165) is 17.7 Å². The Bertz CT molecular complexity index is 742. The molecule has 2 rings (SSSR count). The van der Waals surface area contributed by atoms with Crippen LogP contribution in [0.4, 0.5) is 8.78 Å². The van der Waals surface area contributed by atoms with Gasteiger partial charge in [-0.3, -0.25) is 9.59 Å². The highest BCUT2D eigenvalue weighted by Gasteiger charge is 2.12. The van der Waals surface area contributed by atoms with Gasteiger partial charge in [-0.25, -0.2) is 8.78 Å². The zero-order valence-corrected chi connectivity index (χ0v) is 14.0. The average Bonchev–Trinajstić information content (AvgIpc) is 2.61. The molecule has 0 bridgehead atoms. The SMILES string of the molecule is O=C(O)CCCOc1ccc(CNC(=O)Cc2c(F)cccc2F)cc1. The summed E-state index contributed by atoms with van der Waals surface area (Å²) in [6.45, 7) is 0.519. The third kappa shape index (κ3) is 6.16. The maximum absolute atomic E-state index is 13.5. The topological polar surface area (TPSA) is 75.6 Å². The van der Waals surface area contributed by atoms with Crippen molar-refractivity contribution in [1.29, 1.82) is 0 Å². The number of carbonyl (C=O) groups excluding carboxylic acids is 1. The highest BCUT2D eigenvalue weighted by atomic mass is 19.1. The Morgan fingerprint density at radius 3 is 2.31 bits per heavy atom. The number of amides is 1. The van der Waals surface area contributed by atoms with Gasteiger partial charge in [-0.15, -0.1) is 0 Å². The number of carboxylic acid groups (broad SMARTS) is 1. The van der Waals surface area contributed by atoms with Gasteiger partial charge in [-0.05, 0) is 36.2 Å². The van der Waals surface area contributed by atoms with Gasteiger partial charge in [0.15, 0.2) is 0 Å². The van der Waals surface area contributed by atoms with Crippen molar-refractivity contribution in [3.05, 3.63) is 65.2 Å².